The lowest BCUT2D eigenvalue weighted by molar-refractivity contribution is -0.127. The van der Waals surface area contributed by atoms with E-state index in [2.05, 4.69) is 15.9 Å². The lowest BCUT2D eigenvalue weighted by Gasteiger charge is -2.27. The first-order valence-electron chi connectivity index (χ1n) is 10.7. The van der Waals surface area contributed by atoms with Gasteiger partial charge in [0.25, 0.3) is 0 Å². The van der Waals surface area contributed by atoms with E-state index in [0.29, 0.717) is 5.56 Å². The summed E-state index contributed by atoms with van der Waals surface area (Å²) in [5.74, 6) is -4.90. The van der Waals surface area contributed by atoms with Crippen molar-refractivity contribution in [3.8, 4) is 0 Å². The van der Waals surface area contributed by atoms with E-state index in [1.165, 1.54) is 30.3 Å². The Labute approximate surface area is 217 Å². The Morgan fingerprint density at radius 1 is 0.800 bits per heavy atom. The van der Waals surface area contributed by atoms with Crippen molar-refractivity contribution in [1.29, 1.82) is 0 Å². The molecule has 0 bridgehead atoms. The number of carbonyl (C=O) groups is 4. The number of hydrogen-bond donors (Lipinski definition) is 0. The van der Waals surface area contributed by atoms with E-state index in [4.69, 9.17) is 27.9 Å². The second kappa shape index (κ2) is 7.83. The van der Waals surface area contributed by atoms with Gasteiger partial charge in [0.15, 0.2) is 0 Å². The number of halogens is 3. The highest BCUT2D eigenvalue weighted by atomic mass is 79.9. The molecule has 3 aromatic carbocycles. The number of imide groups is 1. The molecule has 0 aromatic heterocycles. The van der Waals surface area contributed by atoms with Crippen LogP contribution >= 0.6 is 39.1 Å². The van der Waals surface area contributed by atoms with E-state index >= 15 is 0 Å². The standard InChI is InChI=1S/C26H14BrCl2NO5/c27-13-5-3-4-12(10-13)21-19-20(25(34)30(24(19)33)14-8-9-17(28)18(29)11-14)26(35-21)22(31)15-6-1-2-7-16(15)23(26)32/h1-11,19-21H/t19-,20-,21+/m1/s1. The number of carbonyl (C=O) groups excluding carboxylic acids is 4. The predicted molar refractivity (Wildman–Crippen MR) is 132 cm³/mol. The second-order valence-corrected chi connectivity index (χ2v) is 10.4. The second-order valence-electron chi connectivity index (χ2n) is 8.65. The first-order valence-corrected chi connectivity index (χ1v) is 12.3. The number of ketones is 2. The molecule has 1 aliphatic carbocycles. The molecule has 2 saturated heterocycles. The van der Waals surface area contributed by atoms with Crippen molar-refractivity contribution in [1.82, 2.24) is 0 Å². The molecular formula is C26H14BrCl2NO5. The van der Waals surface area contributed by atoms with Gasteiger partial charge in [-0.05, 0) is 35.9 Å². The number of anilines is 1. The molecule has 174 valence electrons. The first kappa shape index (κ1) is 22.6. The van der Waals surface area contributed by atoms with E-state index < -0.39 is 46.9 Å². The maximum Gasteiger partial charge on any atom is 0.241 e. The lowest BCUT2D eigenvalue weighted by atomic mass is 9.77. The fourth-order valence-electron chi connectivity index (χ4n) is 5.38. The van der Waals surface area contributed by atoms with Crippen LogP contribution in [0.25, 0.3) is 0 Å². The van der Waals surface area contributed by atoms with Crippen molar-refractivity contribution >= 4 is 68.2 Å². The Morgan fingerprint density at radius 3 is 2.11 bits per heavy atom. The monoisotopic (exact) mass is 569 g/mol. The molecule has 6 rings (SSSR count). The number of rotatable bonds is 2. The van der Waals surface area contributed by atoms with Gasteiger partial charge in [-0.3, -0.25) is 19.2 Å². The van der Waals surface area contributed by atoms with E-state index in [9.17, 15) is 19.2 Å². The molecule has 0 unspecified atom stereocenters. The summed E-state index contributed by atoms with van der Waals surface area (Å²) < 4.78 is 6.98. The third-order valence-corrected chi connectivity index (χ3v) is 8.09. The minimum Gasteiger partial charge on any atom is -0.349 e. The Kier molecular flexibility index (Phi) is 5.06. The minimum absolute atomic E-state index is 0.164. The van der Waals surface area contributed by atoms with Crippen LogP contribution in [0, 0.1) is 11.8 Å². The van der Waals surface area contributed by atoms with Crippen LogP contribution in [0.4, 0.5) is 5.69 Å². The van der Waals surface area contributed by atoms with Crippen LogP contribution in [0.1, 0.15) is 32.4 Å². The molecule has 3 aromatic rings. The first-order chi connectivity index (χ1) is 16.8. The predicted octanol–water partition coefficient (Wildman–Crippen LogP) is 5.45. The van der Waals surface area contributed by atoms with Gasteiger partial charge in [-0.15, -0.1) is 0 Å². The average Bonchev–Trinajstić information content (AvgIpc) is 3.41. The lowest BCUT2D eigenvalue weighted by Crippen LogP contribution is -2.51. The van der Waals surface area contributed by atoms with Gasteiger partial charge in [0.05, 0.1) is 33.7 Å². The Morgan fingerprint density at radius 2 is 1.49 bits per heavy atom. The van der Waals surface area contributed by atoms with Crippen LogP contribution in [0.15, 0.2) is 71.2 Å². The van der Waals surface area contributed by atoms with Gasteiger partial charge < -0.3 is 4.74 Å². The van der Waals surface area contributed by atoms with Crippen molar-refractivity contribution in [2.75, 3.05) is 4.90 Å². The third-order valence-electron chi connectivity index (χ3n) is 6.86. The van der Waals surface area contributed by atoms with Crippen LogP contribution in [0.5, 0.6) is 0 Å². The largest absolute Gasteiger partial charge is 0.349 e. The Bertz CT molecular complexity index is 1450. The van der Waals surface area contributed by atoms with Gasteiger partial charge in [-0.1, -0.05) is 75.5 Å². The Balaban J connectivity index is 1.55. The molecule has 3 aliphatic rings. The molecule has 2 amide bonds. The van der Waals surface area contributed by atoms with Gasteiger partial charge >= 0.3 is 0 Å². The summed E-state index contributed by atoms with van der Waals surface area (Å²) >= 11 is 15.6. The van der Waals surface area contributed by atoms with Crippen LogP contribution in [0.3, 0.4) is 0 Å². The molecule has 6 nitrogen and oxygen atoms in total. The fourth-order valence-corrected chi connectivity index (χ4v) is 6.09. The summed E-state index contributed by atoms with van der Waals surface area (Å²) in [5.41, 5.74) is -0.986. The highest BCUT2D eigenvalue weighted by Crippen LogP contribution is 2.58. The third kappa shape index (κ3) is 2.99. The number of benzene rings is 3. The maximum absolute atomic E-state index is 13.9. The normalized spacial score (nSPS) is 24.4. The van der Waals surface area contributed by atoms with Crippen LogP contribution < -0.4 is 4.90 Å². The van der Waals surface area contributed by atoms with E-state index in [0.717, 1.165) is 9.37 Å². The molecule has 35 heavy (non-hydrogen) atoms. The molecule has 0 saturated carbocycles. The summed E-state index contributed by atoms with van der Waals surface area (Å²) in [6.45, 7) is 0. The topological polar surface area (TPSA) is 80.8 Å². The molecule has 9 heteroatoms. The van der Waals surface area contributed by atoms with Gasteiger partial charge in [0.1, 0.15) is 0 Å². The van der Waals surface area contributed by atoms with Crippen molar-refractivity contribution in [3.05, 3.63) is 97.9 Å². The number of hydrogen-bond acceptors (Lipinski definition) is 5. The summed E-state index contributed by atoms with van der Waals surface area (Å²) in [7, 11) is 0. The average molecular weight is 571 g/mol. The van der Waals surface area contributed by atoms with Gasteiger partial charge in [0, 0.05) is 15.6 Å². The SMILES string of the molecule is O=C1[C@H]2[C@H](c3cccc(Br)c3)OC3(C(=O)c4ccccc4C3=O)[C@H]2C(=O)N1c1ccc(Cl)c(Cl)c1. The summed E-state index contributed by atoms with van der Waals surface area (Å²) in [5, 5.41) is 0.426. The summed E-state index contributed by atoms with van der Waals surface area (Å²) in [6, 6.07) is 17.8. The zero-order valence-corrected chi connectivity index (χ0v) is 20.8. The molecule has 2 aliphatic heterocycles. The van der Waals surface area contributed by atoms with Crippen molar-refractivity contribution in [2.45, 2.75) is 11.7 Å². The summed E-state index contributed by atoms with van der Waals surface area (Å²) in [4.78, 5) is 56.1. The molecule has 3 atom stereocenters. The van der Waals surface area contributed by atoms with Crippen LogP contribution in [-0.4, -0.2) is 29.0 Å². The smallest absolute Gasteiger partial charge is 0.241 e. The highest BCUT2D eigenvalue weighted by molar-refractivity contribution is 9.10. The van der Waals surface area contributed by atoms with Gasteiger partial charge in [-0.2, -0.15) is 0 Å². The van der Waals surface area contributed by atoms with Gasteiger partial charge in [0.2, 0.25) is 29.0 Å². The molecular weight excluding hydrogens is 557 g/mol. The number of fused-ring (bicyclic) bond motifs is 3. The maximum atomic E-state index is 13.9. The van der Waals surface area contributed by atoms with E-state index in [-0.39, 0.29) is 26.9 Å². The molecule has 2 heterocycles. The summed E-state index contributed by atoms with van der Waals surface area (Å²) in [6.07, 6.45) is -0.996. The Hall–Kier alpha value is -2.84. The molecule has 0 radical (unpaired) electrons. The highest BCUT2D eigenvalue weighted by Gasteiger charge is 2.74. The molecule has 1 spiro atoms. The van der Waals surface area contributed by atoms with E-state index in [1.54, 1.807) is 36.4 Å². The molecule has 0 N–H and O–H groups in total. The number of amides is 2. The van der Waals surface area contributed by atoms with Crippen LogP contribution in [-0.2, 0) is 14.3 Å². The number of ether oxygens (including phenoxy) is 1. The minimum atomic E-state index is -2.13. The quantitative estimate of drug-likeness (QED) is 0.302. The van der Waals surface area contributed by atoms with Gasteiger partial charge in [-0.25, -0.2) is 4.90 Å². The number of Topliss-reactive ketones (excluding diaryl/α,β-unsaturated/α-hetero) is 2. The fraction of sp³-hybridized carbons (Fsp3) is 0.154. The van der Waals surface area contributed by atoms with Crippen molar-refractivity contribution < 1.29 is 23.9 Å². The zero-order valence-electron chi connectivity index (χ0n) is 17.7. The number of nitrogens with zero attached hydrogens (tertiary/aromatic N) is 1. The molecule has 2 fully saturated rings. The zero-order chi connectivity index (χ0) is 24.6. The van der Waals surface area contributed by atoms with Crippen molar-refractivity contribution in [3.63, 3.8) is 0 Å². The van der Waals surface area contributed by atoms with Crippen molar-refractivity contribution in [2.24, 2.45) is 11.8 Å². The van der Waals surface area contributed by atoms with E-state index in [1.807, 2.05) is 0 Å². The van der Waals surface area contributed by atoms with Crippen LogP contribution in [0.2, 0.25) is 10.0 Å².